The summed E-state index contributed by atoms with van der Waals surface area (Å²) in [6.45, 7) is 1.72. The van der Waals surface area contributed by atoms with Crippen molar-refractivity contribution in [3.05, 3.63) is 22.1 Å². The van der Waals surface area contributed by atoms with Gasteiger partial charge in [0.2, 0.25) is 0 Å². The zero-order valence-electron chi connectivity index (χ0n) is 6.29. The summed E-state index contributed by atoms with van der Waals surface area (Å²) in [5.41, 5.74) is 0. The molecule has 0 aromatic carbocycles. The molecule has 0 unspecified atom stereocenters. The van der Waals surface area contributed by atoms with Gasteiger partial charge in [-0.2, -0.15) is 12.6 Å². The first-order chi connectivity index (χ1) is 5.24. The molecule has 0 bridgehead atoms. The van der Waals surface area contributed by atoms with E-state index >= 15 is 0 Å². The molecule has 1 aromatic heterocycles. The minimum atomic E-state index is -0.614. The molecule has 0 radical (unpaired) electrons. The Bertz CT molecular complexity index is 273. The van der Waals surface area contributed by atoms with E-state index in [4.69, 9.17) is 4.42 Å². The van der Waals surface area contributed by atoms with Crippen molar-refractivity contribution in [3.8, 4) is 0 Å². The molecule has 0 amide bonds. The number of hydrogen-bond donors (Lipinski definition) is 1. The van der Waals surface area contributed by atoms with Crippen molar-refractivity contribution in [1.29, 1.82) is 0 Å². The van der Waals surface area contributed by atoms with Gasteiger partial charge < -0.3 is 8.83 Å². The first kappa shape index (κ1) is 8.46. The van der Waals surface area contributed by atoms with Crippen molar-refractivity contribution < 1.29 is 8.83 Å². The third-order valence-electron chi connectivity index (χ3n) is 1.40. The maximum absolute atomic E-state index is 10.5. The SMILES string of the molecule is Cc1oc(=O)oc1CCCS. The van der Waals surface area contributed by atoms with E-state index in [0.29, 0.717) is 11.5 Å². The molecular weight excluding hydrogens is 164 g/mol. The number of aryl methyl sites for hydroxylation is 2. The molecule has 0 saturated carbocycles. The van der Waals surface area contributed by atoms with Crippen LogP contribution in [-0.2, 0) is 6.42 Å². The van der Waals surface area contributed by atoms with Gasteiger partial charge >= 0.3 is 5.82 Å². The molecule has 11 heavy (non-hydrogen) atoms. The highest BCUT2D eigenvalue weighted by atomic mass is 32.1. The molecule has 0 atom stereocenters. The molecule has 1 aromatic rings. The molecule has 0 spiro atoms. The van der Waals surface area contributed by atoms with E-state index in [1.807, 2.05) is 0 Å². The van der Waals surface area contributed by atoms with Crippen LogP contribution in [0.5, 0.6) is 0 Å². The fraction of sp³-hybridized carbons (Fsp3) is 0.571. The Morgan fingerprint density at radius 3 is 2.64 bits per heavy atom. The van der Waals surface area contributed by atoms with Gasteiger partial charge in [0.25, 0.3) is 0 Å². The topological polar surface area (TPSA) is 43.4 Å². The predicted molar refractivity (Wildman–Crippen MR) is 44.2 cm³/mol. The summed E-state index contributed by atoms with van der Waals surface area (Å²) in [6, 6.07) is 0. The molecule has 0 aliphatic heterocycles. The summed E-state index contributed by atoms with van der Waals surface area (Å²) < 4.78 is 9.42. The maximum atomic E-state index is 10.5. The van der Waals surface area contributed by atoms with Gasteiger partial charge in [0.15, 0.2) is 0 Å². The first-order valence-electron chi connectivity index (χ1n) is 3.44. The molecule has 3 nitrogen and oxygen atoms in total. The lowest BCUT2D eigenvalue weighted by Gasteiger charge is -1.90. The Hall–Kier alpha value is -0.640. The number of thiol groups is 1. The van der Waals surface area contributed by atoms with Crippen molar-refractivity contribution in [2.45, 2.75) is 19.8 Å². The average Bonchev–Trinajstić information content (AvgIpc) is 2.26. The summed E-state index contributed by atoms with van der Waals surface area (Å²) >= 11 is 4.04. The minimum Gasteiger partial charge on any atom is -0.396 e. The van der Waals surface area contributed by atoms with Crippen molar-refractivity contribution in [2.75, 3.05) is 5.75 Å². The van der Waals surface area contributed by atoms with Gasteiger partial charge in [0.05, 0.1) is 0 Å². The Labute approximate surface area is 69.8 Å². The summed E-state index contributed by atoms with van der Waals surface area (Å²) in [4.78, 5) is 10.5. The molecule has 62 valence electrons. The first-order valence-corrected chi connectivity index (χ1v) is 4.07. The summed E-state index contributed by atoms with van der Waals surface area (Å²) in [6.07, 6.45) is 1.62. The van der Waals surface area contributed by atoms with E-state index in [1.165, 1.54) is 0 Å². The fourth-order valence-corrected chi connectivity index (χ4v) is 1.000. The molecule has 0 aliphatic rings. The van der Waals surface area contributed by atoms with Crippen molar-refractivity contribution >= 4 is 12.6 Å². The zero-order chi connectivity index (χ0) is 8.27. The number of hydrogen-bond acceptors (Lipinski definition) is 4. The lowest BCUT2D eigenvalue weighted by Crippen LogP contribution is -1.88. The second-order valence-corrected chi connectivity index (χ2v) is 2.71. The lowest BCUT2D eigenvalue weighted by atomic mass is 10.2. The molecule has 1 heterocycles. The normalized spacial score (nSPS) is 10.4. The standard InChI is InChI=1S/C7H10O3S/c1-5-6(3-2-4-11)10-7(8)9-5/h11H,2-4H2,1H3. The van der Waals surface area contributed by atoms with Crippen LogP contribution in [0, 0.1) is 6.92 Å². The number of rotatable bonds is 3. The van der Waals surface area contributed by atoms with Gasteiger partial charge in [-0.25, -0.2) is 4.79 Å². The van der Waals surface area contributed by atoms with E-state index in [0.717, 1.165) is 18.6 Å². The lowest BCUT2D eigenvalue weighted by molar-refractivity contribution is 0.369. The van der Waals surface area contributed by atoms with E-state index in [1.54, 1.807) is 6.92 Å². The fourth-order valence-electron chi connectivity index (χ4n) is 0.842. The Morgan fingerprint density at radius 1 is 1.45 bits per heavy atom. The second kappa shape index (κ2) is 3.67. The molecule has 0 saturated heterocycles. The third kappa shape index (κ3) is 2.15. The highest BCUT2D eigenvalue weighted by molar-refractivity contribution is 7.80. The Balaban J connectivity index is 2.69. The second-order valence-electron chi connectivity index (χ2n) is 2.26. The smallest absolute Gasteiger partial charge is 0.396 e. The summed E-state index contributed by atoms with van der Waals surface area (Å²) in [7, 11) is 0. The van der Waals surface area contributed by atoms with Crippen molar-refractivity contribution in [2.24, 2.45) is 0 Å². The van der Waals surface area contributed by atoms with Crippen LogP contribution >= 0.6 is 12.6 Å². The van der Waals surface area contributed by atoms with Gasteiger partial charge in [-0.15, -0.1) is 0 Å². The van der Waals surface area contributed by atoms with Crippen LogP contribution in [0.15, 0.2) is 13.6 Å². The largest absolute Gasteiger partial charge is 0.519 e. The van der Waals surface area contributed by atoms with Gasteiger partial charge in [0.1, 0.15) is 11.5 Å². The van der Waals surface area contributed by atoms with Crippen LogP contribution < -0.4 is 5.82 Å². The maximum Gasteiger partial charge on any atom is 0.519 e. The van der Waals surface area contributed by atoms with E-state index in [2.05, 4.69) is 17.0 Å². The third-order valence-corrected chi connectivity index (χ3v) is 1.71. The van der Waals surface area contributed by atoms with E-state index in [-0.39, 0.29) is 0 Å². The van der Waals surface area contributed by atoms with Crippen molar-refractivity contribution in [1.82, 2.24) is 0 Å². The molecule has 1 rings (SSSR count). The summed E-state index contributed by atoms with van der Waals surface area (Å²) in [5, 5.41) is 0. The van der Waals surface area contributed by atoms with Crippen LogP contribution in [0.2, 0.25) is 0 Å². The van der Waals surface area contributed by atoms with Crippen LogP contribution in [0.4, 0.5) is 0 Å². The Kier molecular flexibility index (Phi) is 2.82. The van der Waals surface area contributed by atoms with Crippen LogP contribution in [0.1, 0.15) is 17.9 Å². The quantitative estimate of drug-likeness (QED) is 0.704. The predicted octanol–water partition coefficient (Wildman–Crippen LogP) is 1.40. The van der Waals surface area contributed by atoms with Crippen molar-refractivity contribution in [3.63, 3.8) is 0 Å². The van der Waals surface area contributed by atoms with Gasteiger partial charge in [-0.05, 0) is 19.1 Å². The molecule has 0 fully saturated rings. The monoisotopic (exact) mass is 174 g/mol. The van der Waals surface area contributed by atoms with Gasteiger partial charge in [-0.1, -0.05) is 0 Å². The highest BCUT2D eigenvalue weighted by Crippen LogP contribution is 2.07. The molecule has 0 N–H and O–H groups in total. The minimum absolute atomic E-state index is 0.580. The average molecular weight is 174 g/mol. The molecular formula is C7H10O3S. The highest BCUT2D eigenvalue weighted by Gasteiger charge is 2.06. The van der Waals surface area contributed by atoms with E-state index in [9.17, 15) is 4.79 Å². The summed E-state index contributed by atoms with van der Waals surface area (Å²) in [5.74, 6) is 1.39. The van der Waals surface area contributed by atoms with Gasteiger partial charge in [0, 0.05) is 6.42 Å². The van der Waals surface area contributed by atoms with Crippen LogP contribution in [0.25, 0.3) is 0 Å². The zero-order valence-corrected chi connectivity index (χ0v) is 7.19. The molecule has 4 heteroatoms. The van der Waals surface area contributed by atoms with Gasteiger partial charge in [-0.3, -0.25) is 0 Å². The van der Waals surface area contributed by atoms with Crippen LogP contribution in [-0.4, -0.2) is 5.75 Å². The van der Waals surface area contributed by atoms with Crippen LogP contribution in [0.3, 0.4) is 0 Å². The van der Waals surface area contributed by atoms with E-state index < -0.39 is 5.82 Å². The Morgan fingerprint density at radius 2 is 2.18 bits per heavy atom. The molecule has 0 aliphatic carbocycles.